The van der Waals surface area contributed by atoms with Crippen molar-refractivity contribution in [2.24, 2.45) is 17.8 Å². The summed E-state index contributed by atoms with van der Waals surface area (Å²) in [4.78, 5) is 0.274. The van der Waals surface area contributed by atoms with Gasteiger partial charge in [-0.3, -0.25) is 0 Å². The van der Waals surface area contributed by atoms with Crippen LogP contribution in [0.5, 0.6) is 0 Å². The van der Waals surface area contributed by atoms with Crippen LogP contribution in [0.1, 0.15) is 26.3 Å². The van der Waals surface area contributed by atoms with E-state index in [-0.39, 0.29) is 18.1 Å². The topological polar surface area (TPSA) is 83.8 Å². The van der Waals surface area contributed by atoms with E-state index in [4.69, 9.17) is 4.74 Å². The Hall–Kier alpha value is -1.74. The predicted octanol–water partition coefficient (Wildman–Crippen LogP) is 5.56. The first-order chi connectivity index (χ1) is 18.5. The van der Waals surface area contributed by atoms with E-state index in [2.05, 4.69) is 51.9 Å². The van der Waals surface area contributed by atoms with Crippen LogP contribution in [0.3, 0.4) is 0 Å². The Balaban J connectivity index is 2.22. The van der Waals surface area contributed by atoms with Crippen LogP contribution in [0, 0.1) is 29.2 Å². The van der Waals surface area contributed by atoms with Crippen molar-refractivity contribution in [3.05, 3.63) is 66.2 Å². The Morgan fingerprint density at radius 3 is 1.97 bits per heavy atom. The van der Waals surface area contributed by atoms with Crippen molar-refractivity contribution in [2.75, 3.05) is 13.2 Å². The van der Waals surface area contributed by atoms with Gasteiger partial charge in [-0.1, -0.05) is 107 Å². The molecular formula is C31H46O5SSi2. The van der Waals surface area contributed by atoms with E-state index in [0.717, 1.165) is 23.7 Å². The molecule has 1 aliphatic rings. The number of sulfone groups is 1. The van der Waals surface area contributed by atoms with Crippen LogP contribution in [0.2, 0.25) is 37.8 Å². The van der Waals surface area contributed by atoms with Gasteiger partial charge in [0, 0.05) is 24.4 Å². The zero-order valence-corrected chi connectivity index (χ0v) is 27.2. The minimum Gasteiger partial charge on any atom is -0.396 e. The monoisotopic (exact) mass is 586 g/mol. The predicted molar refractivity (Wildman–Crippen MR) is 164 cm³/mol. The zero-order chi connectivity index (χ0) is 28.9. The van der Waals surface area contributed by atoms with E-state index in [1.807, 2.05) is 36.4 Å². The third kappa shape index (κ3) is 5.86. The molecule has 0 unspecified atom stereocenters. The summed E-state index contributed by atoms with van der Waals surface area (Å²) in [7, 11) is -8.44. The van der Waals surface area contributed by atoms with Crippen molar-refractivity contribution < 1.29 is 23.4 Å². The molecule has 0 saturated heterocycles. The second-order valence-corrected chi connectivity index (χ2v) is 24.7. The van der Waals surface area contributed by atoms with Crippen LogP contribution in [0.25, 0.3) is 0 Å². The van der Waals surface area contributed by atoms with Gasteiger partial charge in [0.1, 0.15) is 8.07 Å². The fraction of sp³-hybridized carbons (Fsp3) is 0.548. The molecule has 2 aromatic rings. The average molecular weight is 587 g/mol. The second kappa shape index (κ2) is 12.8. The lowest BCUT2D eigenvalue weighted by molar-refractivity contribution is -0.0870. The Kier molecular flexibility index (Phi) is 10.5. The molecule has 0 radical (unpaired) electrons. The Morgan fingerprint density at radius 2 is 1.49 bits per heavy atom. The van der Waals surface area contributed by atoms with Crippen molar-refractivity contribution >= 4 is 26.0 Å². The van der Waals surface area contributed by atoms with Gasteiger partial charge in [-0.2, -0.15) is 0 Å². The lowest BCUT2D eigenvalue weighted by Crippen LogP contribution is -2.81. The molecule has 1 aliphatic carbocycles. The van der Waals surface area contributed by atoms with Gasteiger partial charge in [-0.25, -0.2) is 8.42 Å². The molecule has 2 aromatic carbocycles. The molecule has 3 rings (SSSR count). The fourth-order valence-corrected chi connectivity index (χ4v) is 18.8. The number of aliphatic hydroxyl groups is 2. The molecule has 5 atom stereocenters. The Morgan fingerprint density at radius 1 is 0.949 bits per heavy atom. The van der Waals surface area contributed by atoms with Gasteiger partial charge in [-0.15, -0.1) is 11.5 Å². The summed E-state index contributed by atoms with van der Waals surface area (Å²) in [5.41, 5.74) is 4.44. The van der Waals surface area contributed by atoms with Crippen LogP contribution in [-0.2, 0) is 21.2 Å². The first kappa shape index (κ1) is 31.8. The average Bonchev–Trinajstić information content (AvgIpc) is 2.91. The molecule has 2 N–H and O–H groups in total. The highest BCUT2D eigenvalue weighted by Gasteiger charge is 2.76. The molecule has 0 heterocycles. The van der Waals surface area contributed by atoms with Crippen molar-refractivity contribution in [3.8, 4) is 11.5 Å². The standard InChI is InChI=1S/C31H46O5SSi2/c1-7-39(8-2,9-3)31(37(34,35)26-18-14-11-15-19-26)28(20-21-38(4,5)6)27(22-32)30(31)29(33)24-36-23-25-16-12-10-13-17-25/h10-19,27-30,32-33H,7-9,22-24H2,1-6H3/t27-,28-,29-,30+,31-/m1/s1. The molecule has 0 aromatic heterocycles. The normalized spacial score (nSPS) is 24.4. The molecule has 214 valence electrons. The molecule has 1 fully saturated rings. The summed E-state index contributed by atoms with van der Waals surface area (Å²) in [6, 6.07) is 20.7. The zero-order valence-electron chi connectivity index (χ0n) is 24.4. The van der Waals surface area contributed by atoms with Crippen LogP contribution in [0.4, 0.5) is 0 Å². The number of hydrogen-bond donors (Lipinski definition) is 2. The second-order valence-electron chi connectivity index (χ2n) is 11.9. The number of rotatable bonds is 12. The molecule has 39 heavy (non-hydrogen) atoms. The summed E-state index contributed by atoms with van der Waals surface area (Å²) in [5, 5.41) is 22.4. The summed E-state index contributed by atoms with van der Waals surface area (Å²) < 4.78 is 34.7. The van der Waals surface area contributed by atoms with Crippen molar-refractivity contribution in [1.29, 1.82) is 0 Å². The number of benzene rings is 2. The summed E-state index contributed by atoms with van der Waals surface area (Å²) in [6.07, 6.45) is -1.05. The van der Waals surface area contributed by atoms with Gasteiger partial charge in [-0.05, 0) is 17.7 Å². The SMILES string of the molecule is CC[Si](CC)(CC)[C@@]1(S(=O)(=O)c2ccccc2)[C@H]([C@H](O)COCc2ccccc2)[C@H](CO)[C@H]1C#C[Si](C)(C)C. The van der Waals surface area contributed by atoms with E-state index in [9.17, 15) is 10.2 Å². The summed E-state index contributed by atoms with van der Waals surface area (Å²) in [5.74, 6) is 1.80. The third-order valence-corrected chi connectivity index (χ3v) is 20.5. The minimum atomic E-state index is -3.94. The highest BCUT2D eigenvalue weighted by molar-refractivity contribution is 7.95. The van der Waals surface area contributed by atoms with Crippen molar-refractivity contribution in [2.45, 2.75) is 80.5 Å². The third-order valence-electron chi connectivity index (χ3n) is 8.83. The number of aliphatic hydroxyl groups excluding tert-OH is 2. The van der Waals surface area contributed by atoms with Crippen molar-refractivity contribution in [3.63, 3.8) is 0 Å². The van der Waals surface area contributed by atoms with E-state index < -0.39 is 54.2 Å². The van der Waals surface area contributed by atoms with E-state index in [0.29, 0.717) is 6.61 Å². The van der Waals surface area contributed by atoms with Gasteiger partial charge >= 0.3 is 0 Å². The number of ether oxygens (including phenoxy) is 1. The van der Waals surface area contributed by atoms with Crippen molar-refractivity contribution in [1.82, 2.24) is 0 Å². The summed E-state index contributed by atoms with van der Waals surface area (Å²) in [6.45, 7) is 12.8. The van der Waals surface area contributed by atoms with Gasteiger partial charge in [0.2, 0.25) is 0 Å². The molecule has 0 aliphatic heterocycles. The maximum absolute atomic E-state index is 15.0. The van der Waals surface area contributed by atoms with E-state index >= 15 is 8.42 Å². The van der Waals surface area contributed by atoms with Gasteiger partial charge in [0.15, 0.2) is 9.84 Å². The first-order valence-corrected chi connectivity index (χ1v) is 21.8. The van der Waals surface area contributed by atoms with Gasteiger partial charge in [0.05, 0.1) is 36.7 Å². The van der Waals surface area contributed by atoms with E-state index in [1.54, 1.807) is 24.3 Å². The Bertz CT molecular complexity index is 1220. The lowest BCUT2D eigenvalue weighted by Gasteiger charge is -2.66. The molecule has 0 spiro atoms. The Labute approximate surface area is 238 Å². The molecule has 0 amide bonds. The van der Waals surface area contributed by atoms with Crippen LogP contribution >= 0.6 is 0 Å². The van der Waals surface area contributed by atoms with Crippen LogP contribution in [0.15, 0.2) is 65.6 Å². The van der Waals surface area contributed by atoms with Gasteiger partial charge in [0.25, 0.3) is 0 Å². The molecule has 5 nitrogen and oxygen atoms in total. The van der Waals surface area contributed by atoms with Crippen LogP contribution < -0.4 is 0 Å². The first-order valence-electron chi connectivity index (χ1n) is 14.2. The quantitative estimate of drug-likeness (QED) is 0.251. The smallest absolute Gasteiger partial charge is 0.183 e. The maximum atomic E-state index is 15.0. The van der Waals surface area contributed by atoms with Crippen LogP contribution in [-0.4, -0.2) is 58.5 Å². The molecule has 1 saturated carbocycles. The lowest BCUT2D eigenvalue weighted by atomic mass is 9.61. The largest absolute Gasteiger partial charge is 0.396 e. The number of hydrogen-bond acceptors (Lipinski definition) is 5. The van der Waals surface area contributed by atoms with Gasteiger partial charge < -0.3 is 14.9 Å². The minimum absolute atomic E-state index is 0.00207. The summed E-state index contributed by atoms with van der Waals surface area (Å²) >= 11 is 0. The molecule has 8 heteroatoms. The fourth-order valence-electron chi connectivity index (χ4n) is 6.89. The highest BCUT2D eigenvalue weighted by Crippen LogP contribution is 2.63. The highest BCUT2D eigenvalue weighted by atomic mass is 32.2. The maximum Gasteiger partial charge on any atom is 0.183 e. The molecular weight excluding hydrogens is 541 g/mol. The molecule has 0 bridgehead atoms. The van der Waals surface area contributed by atoms with E-state index in [1.165, 1.54) is 0 Å².